The van der Waals surface area contributed by atoms with E-state index in [9.17, 15) is 4.79 Å². The molecule has 0 aliphatic carbocycles. The molecule has 1 amide bonds. The Bertz CT molecular complexity index is 905. The first kappa shape index (κ1) is 16.3. The summed E-state index contributed by atoms with van der Waals surface area (Å²) in [4.78, 5) is 14.8. The molecule has 4 rings (SSSR count). The Morgan fingerprint density at radius 2 is 1.92 bits per heavy atom. The molecule has 1 aromatic heterocycles. The highest BCUT2D eigenvalue weighted by atomic mass is 16.2. The van der Waals surface area contributed by atoms with E-state index in [-0.39, 0.29) is 11.9 Å². The van der Waals surface area contributed by atoms with Crippen molar-refractivity contribution in [1.82, 2.24) is 20.1 Å². The third-order valence-corrected chi connectivity index (χ3v) is 4.84. The van der Waals surface area contributed by atoms with Crippen LogP contribution >= 0.6 is 0 Å². The van der Waals surface area contributed by atoms with E-state index in [0.29, 0.717) is 12.4 Å². The Morgan fingerprint density at radius 1 is 1.15 bits per heavy atom. The molecule has 1 N–H and O–H groups in total. The van der Waals surface area contributed by atoms with Crippen LogP contribution in [0.1, 0.15) is 18.3 Å². The molecule has 3 aromatic rings. The van der Waals surface area contributed by atoms with Crippen LogP contribution in [-0.2, 0) is 17.8 Å². The van der Waals surface area contributed by atoms with Crippen LogP contribution in [0.15, 0.2) is 60.9 Å². The van der Waals surface area contributed by atoms with E-state index < -0.39 is 0 Å². The maximum absolute atomic E-state index is 12.7. The van der Waals surface area contributed by atoms with Gasteiger partial charge < -0.3 is 10.2 Å². The van der Waals surface area contributed by atoms with Crippen molar-refractivity contribution < 1.29 is 4.79 Å². The number of para-hydroxylation sites is 2. The third-order valence-electron chi connectivity index (χ3n) is 4.84. The first-order chi connectivity index (χ1) is 12.7. The first-order valence-electron chi connectivity index (χ1n) is 8.80. The van der Waals surface area contributed by atoms with Crippen molar-refractivity contribution >= 4 is 11.6 Å². The SMILES string of the molecule is CC(C(=O)NCc1nncn1-c1ccccc1)N1CCc2ccccc21. The number of nitrogens with one attached hydrogen (secondary N) is 1. The molecule has 0 fully saturated rings. The predicted molar refractivity (Wildman–Crippen MR) is 100 cm³/mol. The molecule has 132 valence electrons. The van der Waals surface area contributed by atoms with Gasteiger partial charge in [-0.3, -0.25) is 9.36 Å². The lowest BCUT2D eigenvalue weighted by atomic mass is 10.1. The lowest BCUT2D eigenvalue weighted by Crippen LogP contribution is -2.44. The predicted octanol–water partition coefficient (Wildman–Crippen LogP) is 2.33. The fraction of sp³-hybridized carbons (Fsp3) is 0.250. The van der Waals surface area contributed by atoms with Crippen LogP contribution in [0.3, 0.4) is 0 Å². The van der Waals surface area contributed by atoms with Crippen LogP contribution in [0.4, 0.5) is 5.69 Å². The highest BCUT2D eigenvalue weighted by molar-refractivity contribution is 5.85. The Hall–Kier alpha value is -3.15. The van der Waals surface area contributed by atoms with Gasteiger partial charge in [0.1, 0.15) is 12.4 Å². The lowest BCUT2D eigenvalue weighted by Gasteiger charge is -2.26. The highest BCUT2D eigenvalue weighted by Gasteiger charge is 2.27. The van der Waals surface area contributed by atoms with Gasteiger partial charge in [-0.15, -0.1) is 10.2 Å². The maximum atomic E-state index is 12.7. The smallest absolute Gasteiger partial charge is 0.242 e. The van der Waals surface area contributed by atoms with E-state index in [0.717, 1.165) is 24.3 Å². The quantitative estimate of drug-likeness (QED) is 0.769. The van der Waals surface area contributed by atoms with Crippen LogP contribution < -0.4 is 10.2 Å². The maximum Gasteiger partial charge on any atom is 0.242 e. The summed E-state index contributed by atoms with van der Waals surface area (Å²) >= 11 is 0. The molecule has 0 radical (unpaired) electrons. The summed E-state index contributed by atoms with van der Waals surface area (Å²) in [5.74, 6) is 0.697. The molecule has 2 heterocycles. The zero-order valence-corrected chi connectivity index (χ0v) is 14.7. The second-order valence-electron chi connectivity index (χ2n) is 6.42. The Labute approximate surface area is 152 Å². The molecule has 6 nitrogen and oxygen atoms in total. The minimum absolute atomic E-state index is 0.00989. The number of hydrogen-bond donors (Lipinski definition) is 1. The molecular weight excluding hydrogens is 326 g/mol. The standard InChI is InChI=1S/C20H21N5O/c1-15(24-12-11-16-7-5-6-10-18(16)24)20(26)21-13-19-23-22-14-25(19)17-8-3-2-4-9-17/h2-10,14-15H,11-13H2,1H3,(H,21,26). The molecule has 0 bridgehead atoms. The summed E-state index contributed by atoms with van der Waals surface area (Å²) in [6.45, 7) is 3.15. The van der Waals surface area contributed by atoms with Crippen molar-refractivity contribution in [2.75, 3.05) is 11.4 Å². The molecule has 1 aliphatic heterocycles. The number of carbonyl (C=O) groups excluding carboxylic acids is 1. The summed E-state index contributed by atoms with van der Waals surface area (Å²) in [6.07, 6.45) is 2.65. The number of hydrogen-bond acceptors (Lipinski definition) is 4. The zero-order valence-electron chi connectivity index (χ0n) is 14.7. The molecule has 0 saturated carbocycles. The van der Waals surface area contributed by atoms with Gasteiger partial charge in [0.2, 0.25) is 5.91 Å². The van der Waals surface area contributed by atoms with Crippen molar-refractivity contribution in [3.05, 3.63) is 72.3 Å². The monoisotopic (exact) mass is 347 g/mol. The largest absolute Gasteiger partial charge is 0.359 e. The van der Waals surface area contributed by atoms with Gasteiger partial charge in [-0.2, -0.15) is 0 Å². The molecule has 2 aromatic carbocycles. The number of carbonyl (C=O) groups is 1. The van der Waals surface area contributed by atoms with E-state index in [1.807, 2.05) is 54.0 Å². The van der Waals surface area contributed by atoms with Crippen LogP contribution in [0.2, 0.25) is 0 Å². The second-order valence-corrected chi connectivity index (χ2v) is 6.42. The van der Waals surface area contributed by atoms with Crippen LogP contribution in [-0.4, -0.2) is 33.3 Å². The number of fused-ring (bicyclic) bond motifs is 1. The minimum Gasteiger partial charge on any atom is -0.359 e. The van der Waals surface area contributed by atoms with Gasteiger partial charge in [-0.25, -0.2) is 0 Å². The Kier molecular flexibility index (Phi) is 4.39. The Balaban J connectivity index is 1.43. The lowest BCUT2D eigenvalue weighted by molar-refractivity contribution is -0.122. The van der Waals surface area contributed by atoms with Crippen LogP contribution in [0.5, 0.6) is 0 Å². The van der Waals surface area contributed by atoms with Gasteiger partial charge in [-0.05, 0) is 37.1 Å². The van der Waals surface area contributed by atoms with Gasteiger partial charge in [0.05, 0.1) is 6.54 Å². The third kappa shape index (κ3) is 3.06. The molecule has 6 heteroatoms. The molecule has 1 unspecified atom stereocenters. The fourth-order valence-corrected chi connectivity index (χ4v) is 3.41. The van der Waals surface area contributed by atoms with Crippen molar-refractivity contribution in [3.8, 4) is 5.69 Å². The minimum atomic E-state index is -0.230. The van der Waals surface area contributed by atoms with E-state index in [2.05, 4.69) is 32.5 Å². The zero-order chi connectivity index (χ0) is 17.9. The fourth-order valence-electron chi connectivity index (χ4n) is 3.41. The summed E-state index contributed by atoms with van der Waals surface area (Å²) < 4.78 is 1.89. The molecule has 0 saturated heterocycles. The van der Waals surface area contributed by atoms with Crippen molar-refractivity contribution in [2.24, 2.45) is 0 Å². The van der Waals surface area contributed by atoms with Gasteiger partial charge >= 0.3 is 0 Å². The van der Waals surface area contributed by atoms with Crippen LogP contribution in [0.25, 0.3) is 5.69 Å². The molecule has 0 spiro atoms. The topological polar surface area (TPSA) is 63.1 Å². The van der Waals surface area contributed by atoms with E-state index in [4.69, 9.17) is 0 Å². The number of anilines is 1. The normalized spacial score (nSPS) is 14.1. The number of rotatable bonds is 5. The van der Waals surface area contributed by atoms with Crippen molar-refractivity contribution in [3.63, 3.8) is 0 Å². The van der Waals surface area contributed by atoms with Crippen LogP contribution in [0, 0.1) is 0 Å². The Morgan fingerprint density at radius 3 is 2.77 bits per heavy atom. The van der Waals surface area contributed by atoms with Gasteiger partial charge in [0, 0.05) is 17.9 Å². The summed E-state index contributed by atoms with van der Waals surface area (Å²) in [6, 6.07) is 17.9. The van der Waals surface area contributed by atoms with Gasteiger partial charge in [-0.1, -0.05) is 36.4 Å². The van der Waals surface area contributed by atoms with E-state index in [1.165, 1.54) is 5.56 Å². The summed E-state index contributed by atoms with van der Waals surface area (Å²) in [5.41, 5.74) is 3.43. The number of benzene rings is 2. The number of nitrogens with zero attached hydrogens (tertiary/aromatic N) is 4. The average Bonchev–Trinajstić information content (AvgIpc) is 3.33. The molecule has 1 aliphatic rings. The van der Waals surface area contributed by atoms with E-state index >= 15 is 0 Å². The second kappa shape index (κ2) is 7.00. The van der Waals surface area contributed by atoms with Crippen molar-refractivity contribution in [1.29, 1.82) is 0 Å². The average molecular weight is 347 g/mol. The summed E-state index contributed by atoms with van der Waals surface area (Å²) in [7, 11) is 0. The first-order valence-corrected chi connectivity index (χ1v) is 8.80. The molecule has 26 heavy (non-hydrogen) atoms. The van der Waals surface area contributed by atoms with Gasteiger partial charge in [0.25, 0.3) is 0 Å². The summed E-state index contributed by atoms with van der Waals surface area (Å²) in [5, 5.41) is 11.1. The van der Waals surface area contributed by atoms with Gasteiger partial charge in [0.15, 0.2) is 5.82 Å². The van der Waals surface area contributed by atoms with Crippen molar-refractivity contribution in [2.45, 2.75) is 25.9 Å². The number of amides is 1. The highest BCUT2D eigenvalue weighted by Crippen LogP contribution is 2.29. The molecule has 1 atom stereocenters. The molecular formula is C20H21N5O. The van der Waals surface area contributed by atoms with E-state index in [1.54, 1.807) is 6.33 Å². The number of aromatic nitrogens is 3.